The molecule has 2 heterocycles. The van der Waals surface area contributed by atoms with Gasteiger partial charge in [0.15, 0.2) is 5.82 Å². The average Bonchev–Trinajstić information content (AvgIpc) is 2.78. The maximum atomic E-state index is 15.9. The summed E-state index contributed by atoms with van der Waals surface area (Å²) in [7, 11) is 1.38. The molecule has 2 aromatic carbocycles. The van der Waals surface area contributed by atoms with Crippen molar-refractivity contribution in [3.05, 3.63) is 47.2 Å². The summed E-state index contributed by atoms with van der Waals surface area (Å²) in [5.74, 6) is -0.788. The number of fused-ring (bicyclic) bond motifs is 1. The fourth-order valence-corrected chi connectivity index (χ4v) is 4.97. The molecule has 1 aliphatic rings. The number of amides is 1. The van der Waals surface area contributed by atoms with Crippen LogP contribution < -0.4 is 9.64 Å². The Bertz CT molecular complexity index is 1300. The number of anilines is 1. The summed E-state index contributed by atoms with van der Waals surface area (Å²) in [5.41, 5.74) is -0.790. The number of hydrogen-bond donors (Lipinski definition) is 0. The van der Waals surface area contributed by atoms with Crippen molar-refractivity contribution in [2.45, 2.75) is 52.3 Å². The number of benzene rings is 2. The van der Waals surface area contributed by atoms with Crippen LogP contribution in [-0.4, -0.2) is 58.8 Å². The third-order valence-electron chi connectivity index (χ3n) is 6.07. The van der Waals surface area contributed by atoms with Crippen LogP contribution in [0.1, 0.15) is 34.6 Å². The lowest BCUT2D eigenvalue weighted by Crippen LogP contribution is -2.59. The molecule has 0 saturated carbocycles. The van der Waals surface area contributed by atoms with Crippen LogP contribution in [0.3, 0.4) is 0 Å². The van der Waals surface area contributed by atoms with Crippen molar-refractivity contribution in [1.82, 2.24) is 14.9 Å². The Morgan fingerprint density at radius 2 is 1.78 bits per heavy atom. The highest BCUT2D eigenvalue weighted by atomic mass is 35.5. The molecular formula is C26H29ClF2N4O3. The number of halogens is 3. The molecule has 2 unspecified atom stereocenters. The van der Waals surface area contributed by atoms with Crippen molar-refractivity contribution < 1.29 is 23.0 Å². The van der Waals surface area contributed by atoms with Gasteiger partial charge in [-0.25, -0.2) is 23.5 Å². The molecule has 192 valence electrons. The summed E-state index contributed by atoms with van der Waals surface area (Å²) in [4.78, 5) is 25.0. The van der Waals surface area contributed by atoms with Crippen LogP contribution in [0.25, 0.3) is 22.0 Å². The standard InChI is InChI=1S/C26H29ClF2N4O3/c1-14-11-32(12-15(2)33(14)25(34)36-26(3,4)5)24-16-10-17(27)20(22(29)23(16)30-13-31-24)21-18(28)8-7-9-19(21)35-6/h7-10,13-15H,11-12H2,1-6H3. The summed E-state index contributed by atoms with van der Waals surface area (Å²) in [5, 5.41) is 0.400. The Morgan fingerprint density at radius 3 is 2.39 bits per heavy atom. The zero-order valence-corrected chi connectivity index (χ0v) is 21.9. The van der Waals surface area contributed by atoms with E-state index in [9.17, 15) is 9.18 Å². The monoisotopic (exact) mass is 518 g/mol. The molecule has 1 aromatic heterocycles. The van der Waals surface area contributed by atoms with Gasteiger partial charge in [-0.1, -0.05) is 17.7 Å². The molecule has 3 aromatic rings. The van der Waals surface area contributed by atoms with Gasteiger partial charge in [-0.05, 0) is 52.8 Å². The van der Waals surface area contributed by atoms with E-state index >= 15 is 4.39 Å². The van der Waals surface area contributed by atoms with Gasteiger partial charge in [-0.15, -0.1) is 0 Å². The fraction of sp³-hybridized carbons (Fsp3) is 0.423. The van der Waals surface area contributed by atoms with Crippen molar-refractivity contribution in [1.29, 1.82) is 0 Å². The minimum absolute atomic E-state index is 0.00735. The molecule has 1 fully saturated rings. The summed E-state index contributed by atoms with van der Waals surface area (Å²) >= 11 is 6.53. The highest BCUT2D eigenvalue weighted by molar-refractivity contribution is 6.34. The fourth-order valence-electron chi connectivity index (χ4n) is 4.68. The van der Waals surface area contributed by atoms with Crippen LogP contribution >= 0.6 is 11.6 Å². The minimum Gasteiger partial charge on any atom is -0.496 e. The van der Waals surface area contributed by atoms with E-state index in [4.69, 9.17) is 21.1 Å². The van der Waals surface area contributed by atoms with Gasteiger partial charge in [-0.2, -0.15) is 0 Å². The largest absolute Gasteiger partial charge is 0.496 e. The van der Waals surface area contributed by atoms with Crippen LogP contribution in [0.4, 0.5) is 19.4 Å². The molecule has 0 spiro atoms. The van der Waals surface area contributed by atoms with E-state index in [0.717, 1.165) is 0 Å². The molecule has 0 N–H and O–H groups in total. The van der Waals surface area contributed by atoms with E-state index in [1.165, 1.54) is 31.6 Å². The maximum Gasteiger partial charge on any atom is 0.410 e. The van der Waals surface area contributed by atoms with Crippen LogP contribution in [0.2, 0.25) is 5.02 Å². The lowest BCUT2D eigenvalue weighted by molar-refractivity contribution is 0.00562. The number of carbonyl (C=O) groups excluding carboxylic acids is 1. The van der Waals surface area contributed by atoms with Gasteiger partial charge in [0, 0.05) is 24.0 Å². The first kappa shape index (κ1) is 25.9. The minimum atomic E-state index is -0.766. The predicted molar refractivity (Wildman–Crippen MR) is 136 cm³/mol. The Morgan fingerprint density at radius 1 is 1.11 bits per heavy atom. The first-order valence-corrected chi connectivity index (χ1v) is 12.0. The summed E-state index contributed by atoms with van der Waals surface area (Å²) in [6, 6.07) is 5.38. The number of rotatable bonds is 3. The Hall–Kier alpha value is -3.20. The molecule has 0 bridgehead atoms. The molecule has 7 nitrogen and oxygen atoms in total. The smallest absolute Gasteiger partial charge is 0.410 e. The van der Waals surface area contributed by atoms with E-state index in [1.807, 2.05) is 39.5 Å². The SMILES string of the molecule is COc1cccc(F)c1-c1c(Cl)cc2c(N3CC(C)N(C(=O)OC(C)(C)C)C(C)C3)ncnc2c1F. The third kappa shape index (κ3) is 4.76. The molecular weight excluding hydrogens is 490 g/mol. The van der Waals surface area contributed by atoms with Gasteiger partial charge in [0.05, 0.1) is 29.8 Å². The van der Waals surface area contributed by atoms with Crippen molar-refractivity contribution in [2.75, 3.05) is 25.1 Å². The zero-order chi connectivity index (χ0) is 26.4. The van der Waals surface area contributed by atoms with Gasteiger partial charge in [-0.3, -0.25) is 4.90 Å². The van der Waals surface area contributed by atoms with Crippen LogP contribution in [0.5, 0.6) is 5.75 Å². The Balaban J connectivity index is 1.75. The summed E-state index contributed by atoms with van der Waals surface area (Å²) in [6.45, 7) is 10.2. The van der Waals surface area contributed by atoms with E-state index in [-0.39, 0.29) is 45.6 Å². The predicted octanol–water partition coefficient (Wildman–Crippen LogP) is 6.07. The number of methoxy groups -OCH3 is 1. The molecule has 1 amide bonds. The van der Waals surface area contributed by atoms with Crippen LogP contribution in [-0.2, 0) is 4.74 Å². The first-order valence-electron chi connectivity index (χ1n) is 11.6. The molecule has 10 heteroatoms. The van der Waals surface area contributed by atoms with Gasteiger partial charge in [0.25, 0.3) is 0 Å². The van der Waals surface area contributed by atoms with Gasteiger partial charge in [0.1, 0.15) is 34.8 Å². The van der Waals surface area contributed by atoms with Gasteiger partial charge < -0.3 is 14.4 Å². The molecule has 1 saturated heterocycles. The second-order valence-electron chi connectivity index (χ2n) is 9.95. The molecule has 36 heavy (non-hydrogen) atoms. The molecule has 2 atom stereocenters. The van der Waals surface area contributed by atoms with Crippen molar-refractivity contribution in [3.63, 3.8) is 0 Å². The van der Waals surface area contributed by atoms with Crippen LogP contribution in [0, 0.1) is 11.6 Å². The van der Waals surface area contributed by atoms with E-state index in [1.54, 1.807) is 11.0 Å². The van der Waals surface area contributed by atoms with Crippen molar-refractivity contribution in [2.24, 2.45) is 0 Å². The molecule has 4 rings (SSSR count). The summed E-state index contributed by atoms with van der Waals surface area (Å²) in [6.07, 6.45) is 0.888. The zero-order valence-electron chi connectivity index (χ0n) is 21.1. The van der Waals surface area contributed by atoms with E-state index < -0.39 is 17.2 Å². The van der Waals surface area contributed by atoms with Crippen molar-refractivity contribution in [3.8, 4) is 16.9 Å². The maximum absolute atomic E-state index is 15.9. The topological polar surface area (TPSA) is 67.8 Å². The van der Waals surface area contributed by atoms with E-state index in [0.29, 0.717) is 24.3 Å². The Kier molecular flexibility index (Phi) is 6.96. The lowest BCUT2D eigenvalue weighted by Gasteiger charge is -2.45. The number of nitrogens with zero attached hydrogens (tertiary/aromatic N) is 4. The highest BCUT2D eigenvalue weighted by Gasteiger charge is 2.36. The summed E-state index contributed by atoms with van der Waals surface area (Å²) < 4.78 is 41.4. The number of hydrogen-bond acceptors (Lipinski definition) is 6. The van der Waals surface area contributed by atoms with E-state index in [2.05, 4.69) is 9.97 Å². The van der Waals surface area contributed by atoms with Crippen LogP contribution in [0.15, 0.2) is 30.6 Å². The number of ether oxygens (including phenoxy) is 2. The normalized spacial score (nSPS) is 18.5. The Labute approximate surface area is 214 Å². The number of piperazine rings is 1. The quantitative estimate of drug-likeness (QED) is 0.419. The number of aromatic nitrogens is 2. The molecule has 1 aliphatic heterocycles. The average molecular weight is 519 g/mol. The number of carbonyl (C=O) groups is 1. The second-order valence-corrected chi connectivity index (χ2v) is 10.4. The second kappa shape index (κ2) is 9.69. The van der Waals surface area contributed by atoms with Gasteiger partial charge >= 0.3 is 6.09 Å². The van der Waals surface area contributed by atoms with Gasteiger partial charge in [0.2, 0.25) is 0 Å². The first-order chi connectivity index (χ1) is 16.9. The third-order valence-corrected chi connectivity index (χ3v) is 6.37. The lowest BCUT2D eigenvalue weighted by atomic mass is 10.0. The molecule has 0 radical (unpaired) electrons. The van der Waals surface area contributed by atoms with Crippen molar-refractivity contribution >= 4 is 34.4 Å². The molecule has 0 aliphatic carbocycles. The highest BCUT2D eigenvalue weighted by Crippen LogP contribution is 2.42.